The first-order valence-corrected chi connectivity index (χ1v) is 5.10. The molecular formula is C11H25N. The lowest BCUT2D eigenvalue weighted by molar-refractivity contribution is 0.341. The molecule has 12 heavy (non-hydrogen) atoms. The Morgan fingerprint density at radius 2 is 1.83 bits per heavy atom. The molecule has 0 bridgehead atoms. The Hall–Kier alpha value is -0.0400. The van der Waals surface area contributed by atoms with E-state index in [2.05, 4.69) is 33.0 Å². The fourth-order valence-electron chi connectivity index (χ4n) is 1.43. The third kappa shape index (κ3) is 8.06. The zero-order valence-electron chi connectivity index (χ0n) is 9.41. The van der Waals surface area contributed by atoms with Gasteiger partial charge in [0.05, 0.1) is 0 Å². The summed E-state index contributed by atoms with van der Waals surface area (Å²) in [6, 6.07) is 0. The van der Waals surface area contributed by atoms with E-state index in [1.807, 2.05) is 7.05 Å². The van der Waals surface area contributed by atoms with Crippen molar-refractivity contribution < 1.29 is 0 Å². The molecule has 1 N–H and O–H groups in total. The van der Waals surface area contributed by atoms with Gasteiger partial charge in [0.2, 0.25) is 0 Å². The summed E-state index contributed by atoms with van der Waals surface area (Å²) in [6.45, 7) is 10.4. The average molecular weight is 171 g/mol. The molecule has 0 amide bonds. The van der Waals surface area contributed by atoms with E-state index in [4.69, 9.17) is 0 Å². The maximum absolute atomic E-state index is 3.22. The van der Waals surface area contributed by atoms with Gasteiger partial charge in [-0.3, -0.25) is 0 Å². The van der Waals surface area contributed by atoms with E-state index in [1.165, 1.54) is 19.3 Å². The highest BCUT2D eigenvalue weighted by atomic mass is 14.8. The number of hydrogen-bond acceptors (Lipinski definition) is 1. The zero-order valence-corrected chi connectivity index (χ0v) is 9.41. The first-order chi connectivity index (χ1) is 5.45. The monoisotopic (exact) mass is 171 g/mol. The van der Waals surface area contributed by atoms with Crippen LogP contribution in [0.2, 0.25) is 0 Å². The van der Waals surface area contributed by atoms with Crippen LogP contribution in [0.3, 0.4) is 0 Å². The molecule has 0 aromatic rings. The first kappa shape index (κ1) is 12.0. The summed E-state index contributed by atoms with van der Waals surface area (Å²) in [5, 5.41) is 3.22. The highest BCUT2D eigenvalue weighted by Crippen LogP contribution is 2.22. The van der Waals surface area contributed by atoms with Crippen molar-refractivity contribution in [2.24, 2.45) is 11.3 Å². The Morgan fingerprint density at radius 1 is 1.25 bits per heavy atom. The van der Waals surface area contributed by atoms with E-state index < -0.39 is 0 Å². The van der Waals surface area contributed by atoms with E-state index in [-0.39, 0.29) is 0 Å². The second kappa shape index (κ2) is 5.58. The molecule has 0 heterocycles. The van der Waals surface area contributed by atoms with Gasteiger partial charge in [-0.15, -0.1) is 0 Å². The van der Waals surface area contributed by atoms with E-state index >= 15 is 0 Å². The van der Waals surface area contributed by atoms with Crippen molar-refractivity contribution in [1.82, 2.24) is 5.32 Å². The minimum absolute atomic E-state index is 0.513. The van der Waals surface area contributed by atoms with Crippen LogP contribution in [0.15, 0.2) is 0 Å². The van der Waals surface area contributed by atoms with Crippen LogP contribution in [0.25, 0.3) is 0 Å². The van der Waals surface area contributed by atoms with Crippen molar-refractivity contribution >= 4 is 0 Å². The number of nitrogens with one attached hydrogen (secondary N) is 1. The number of rotatable bonds is 5. The minimum Gasteiger partial charge on any atom is -0.319 e. The third-order valence-electron chi connectivity index (χ3n) is 2.18. The minimum atomic E-state index is 0.513. The lowest BCUT2D eigenvalue weighted by Gasteiger charge is -2.19. The highest BCUT2D eigenvalue weighted by Gasteiger charge is 2.10. The largest absolute Gasteiger partial charge is 0.319 e. The fraction of sp³-hybridized carbons (Fsp3) is 1.00. The summed E-state index contributed by atoms with van der Waals surface area (Å²) in [4.78, 5) is 0. The molecule has 0 spiro atoms. The van der Waals surface area contributed by atoms with E-state index in [9.17, 15) is 0 Å². The summed E-state index contributed by atoms with van der Waals surface area (Å²) >= 11 is 0. The van der Waals surface area contributed by atoms with Crippen LogP contribution >= 0.6 is 0 Å². The molecule has 0 radical (unpaired) electrons. The van der Waals surface area contributed by atoms with Gasteiger partial charge in [-0.1, -0.05) is 34.1 Å². The van der Waals surface area contributed by atoms with Crippen LogP contribution in [0.1, 0.15) is 47.0 Å². The van der Waals surface area contributed by atoms with Crippen LogP contribution in [-0.2, 0) is 0 Å². The lowest BCUT2D eigenvalue weighted by Crippen LogP contribution is -2.16. The van der Waals surface area contributed by atoms with Gasteiger partial charge in [-0.05, 0) is 37.8 Å². The van der Waals surface area contributed by atoms with Gasteiger partial charge in [0.1, 0.15) is 0 Å². The molecule has 74 valence electrons. The summed E-state index contributed by atoms with van der Waals surface area (Å²) in [6.07, 6.45) is 4.07. The second-order valence-electron chi connectivity index (χ2n) is 5.12. The van der Waals surface area contributed by atoms with Gasteiger partial charge >= 0.3 is 0 Å². The Balaban J connectivity index is 3.31. The predicted molar refractivity (Wildman–Crippen MR) is 56.4 cm³/mol. The van der Waals surface area contributed by atoms with Crippen molar-refractivity contribution in [3.63, 3.8) is 0 Å². The molecule has 1 nitrogen and oxygen atoms in total. The van der Waals surface area contributed by atoms with Crippen LogP contribution in [0.4, 0.5) is 0 Å². The maximum atomic E-state index is 3.22. The molecular weight excluding hydrogens is 146 g/mol. The van der Waals surface area contributed by atoms with Crippen molar-refractivity contribution in [3.05, 3.63) is 0 Å². The lowest BCUT2D eigenvalue weighted by atomic mass is 9.88. The van der Waals surface area contributed by atoms with Gasteiger partial charge in [0.15, 0.2) is 0 Å². The molecule has 0 fully saturated rings. The summed E-state index contributed by atoms with van der Waals surface area (Å²) in [5.74, 6) is 0.831. The molecule has 0 aromatic heterocycles. The zero-order chi connectivity index (χ0) is 9.61. The first-order valence-electron chi connectivity index (χ1n) is 5.10. The molecule has 0 rings (SSSR count). The molecule has 1 atom stereocenters. The van der Waals surface area contributed by atoms with Crippen molar-refractivity contribution in [2.75, 3.05) is 13.6 Å². The van der Waals surface area contributed by atoms with Gasteiger partial charge in [-0.2, -0.15) is 0 Å². The maximum Gasteiger partial charge on any atom is -0.00262 e. The van der Waals surface area contributed by atoms with Gasteiger partial charge in [0.25, 0.3) is 0 Å². The SMILES string of the molecule is CNCC(C)CCCC(C)(C)C. The number of hydrogen-bond donors (Lipinski definition) is 1. The average Bonchev–Trinajstić information content (AvgIpc) is 1.84. The normalized spacial score (nSPS) is 14.8. The Labute approximate surface area is 77.9 Å². The molecule has 1 heteroatoms. The molecule has 0 saturated heterocycles. The van der Waals surface area contributed by atoms with Crippen LogP contribution in [0.5, 0.6) is 0 Å². The molecule has 0 aliphatic heterocycles. The van der Waals surface area contributed by atoms with Crippen molar-refractivity contribution in [3.8, 4) is 0 Å². The predicted octanol–water partition coefficient (Wildman–Crippen LogP) is 3.06. The molecule has 0 aliphatic carbocycles. The third-order valence-corrected chi connectivity index (χ3v) is 2.18. The van der Waals surface area contributed by atoms with Crippen molar-refractivity contribution in [1.29, 1.82) is 0 Å². The fourth-order valence-corrected chi connectivity index (χ4v) is 1.43. The highest BCUT2D eigenvalue weighted by molar-refractivity contribution is 4.63. The standard InChI is InChI=1S/C11H25N/c1-10(9-12-5)7-6-8-11(2,3)4/h10,12H,6-9H2,1-5H3. The molecule has 0 saturated carbocycles. The van der Waals surface area contributed by atoms with E-state index in [1.54, 1.807) is 0 Å². The van der Waals surface area contributed by atoms with Gasteiger partial charge in [0, 0.05) is 0 Å². The summed E-state index contributed by atoms with van der Waals surface area (Å²) in [5.41, 5.74) is 0.513. The van der Waals surface area contributed by atoms with E-state index in [0.29, 0.717) is 5.41 Å². The quantitative estimate of drug-likeness (QED) is 0.670. The van der Waals surface area contributed by atoms with Crippen molar-refractivity contribution in [2.45, 2.75) is 47.0 Å². The topological polar surface area (TPSA) is 12.0 Å². The van der Waals surface area contributed by atoms with Gasteiger partial charge < -0.3 is 5.32 Å². The summed E-state index contributed by atoms with van der Waals surface area (Å²) in [7, 11) is 2.03. The molecule has 1 unspecified atom stereocenters. The Morgan fingerprint density at radius 3 is 2.25 bits per heavy atom. The van der Waals surface area contributed by atoms with Gasteiger partial charge in [-0.25, -0.2) is 0 Å². The van der Waals surface area contributed by atoms with Crippen LogP contribution in [-0.4, -0.2) is 13.6 Å². The molecule has 0 aromatic carbocycles. The molecule has 0 aliphatic rings. The van der Waals surface area contributed by atoms with E-state index in [0.717, 1.165) is 12.5 Å². The van der Waals surface area contributed by atoms with Crippen LogP contribution in [0, 0.1) is 11.3 Å². The smallest absolute Gasteiger partial charge is 0.00262 e. The van der Waals surface area contributed by atoms with Crippen LogP contribution < -0.4 is 5.32 Å². The second-order valence-corrected chi connectivity index (χ2v) is 5.12. The summed E-state index contributed by atoms with van der Waals surface area (Å²) < 4.78 is 0. The Kier molecular flexibility index (Phi) is 5.56. The Bertz CT molecular complexity index is 102.